The van der Waals surface area contributed by atoms with E-state index < -0.39 is 0 Å². The van der Waals surface area contributed by atoms with Crippen molar-refractivity contribution in [2.75, 3.05) is 36.8 Å². The second-order valence-electron chi connectivity index (χ2n) is 9.35. The molecule has 1 aromatic heterocycles. The fourth-order valence-electron chi connectivity index (χ4n) is 4.76. The number of hydrogen-bond acceptors (Lipinski definition) is 4. The third-order valence-corrected chi connectivity index (χ3v) is 6.15. The number of nitrogens with zero attached hydrogens (tertiary/aromatic N) is 2. The minimum Gasteiger partial charge on any atom is -1.00 e. The Hall–Kier alpha value is -1.76. The summed E-state index contributed by atoms with van der Waals surface area (Å²) in [5, 5.41) is 7.36. The number of benzene rings is 2. The predicted octanol–water partition coefficient (Wildman–Crippen LogP) is 0.354. The number of nitrogens with one attached hydrogen (secondary N) is 2. The van der Waals surface area contributed by atoms with Crippen molar-refractivity contribution in [1.82, 2.24) is 9.88 Å². The van der Waals surface area contributed by atoms with Crippen molar-refractivity contribution in [3.05, 3.63) is 87.7 Å². The van der Waals surface area contributed by atoms with Gasteiger partial charge in [-0.25, -0.2) is 0 Å². The average Bonchev–Trinajstić information content (AvgIpc) is 2.74. The van der Waals surface area contributed by atoms with Gasteiger partial charge >= 0.3 is 16.8 Å². The van der Waals surface area contributed by atoms with Crippen LogP contribution < -0.4 is 35.4 Å². The van der Waals surface area contributed by atoms with Gasteiger partial charge in [0.2, 0.25) is 0 Å². The molecule has 1 radical (unpaired) electrons. The van der Waals surface area contributed by atoms with E-state index >= 15 is 0 Å². The maximum Gasteiger partial charge on any atom is 2.00 e. The van der Waals surface area contributed by atoms with Gasteiger partial charge in [-0.05, 0) is 82.3 Å². The van der Waals surface area contributed by atoms with E-state index in [1.54, 1.807) is 0 Å². The molecule has 0 amide bonds. The molecule has 0 unspecified atom stereocenters. The molecule has 36 heavy (non-hydrogen) atoms. The van der Waals surface area contributed by atoms with Crippen LogP contribution in [0.15, 0.2) is 48.7 Å². The van der Waals surface area contributed by atoms with Crippen LogP contribution in [0.4, 0.5) is 11.4 Å². The zero-order valence-corrected chi connectivity index (χ0v) is 24.9. The van der Waals surface area contributed by atoms with Crippen molar-refractivity contribution in [3.8, 4) is 0 Å². The van der Waals surface area contributed by atoms with Crippen molar-refractivity contribution in [1.29, 1.82) is 0 Å². The third-order valence-electron chi connectivity index (χ3n) is 6.15. The summed E-state index contributed by atoms with van der Waals surface area (Å²) in [7, 11) is 0. The second-order valence-corrected chi connectivity index (χ2v) is 9.35. The van der Waals surface area contributed by atoms with Crippen LogP contribution in [0.2, 0.25) is 0 Å². The summed E-state index contributed by atoms with van der Waals surface area (Å²) in [6.45, 7) is 17.8. The Kier molecular flexibility index (Phi) is 16.1. The molecule has 3 rings (SSSR count). The van der Waals surface area contributed by atoms with E-state index in [4.69, 9.17) is 0 Å². The zero-order valence-electron chi connectivity index (χ0n) is 22.3. The quantitative estimate of drug-likeness (QED) is 0.325. The van der Waals surface area contributed by atoms with Crippen LogP contribution >= 0.6 is 0 Å². The Morgan fingerprint density at radius 2 is 1.19 bits per heavy atom. The van der Waals surface area contributed by atoms with Gasteiger partial charge < -0.3 is 35.4 Å². The topological polar surface area (TPSA) is 40.2 Å². The van der Waals surface area contributed by atoms with E-state index in [9.17, 15) is 0 Å². The van der Waals surface area contributed by atoms with Crippen molar-refractivity contribution in [2.45, 2.75) is 54.5 Å². The number of aryl methyl sites for hydroxylation is 6. The number of anilines is 2. The molecule has 0 aliphatic rings. The molecule has 0 spiro atoms. The van der Waals surface area contributed by atoms with Crippen LogP contribution in [-0.4, -0.2) is 36.1 Å². The maximum absolute atomic E-state index is 4.55. The largest absolute Gasteiger partial charge is 2.00 e. The first-order valence-electron chi connectivity index (χ1n) is 12.1. The van der Waals surface area contributed by atoms with Gasteiger partial charge in [-0.1, -0.05) is 41.5 Å². The van der Waals surface area contributed by atoms with Crippen molar-refractivity contribution >= 4 is 11.4 Å². The van der Waals surface area contributed by atoms with Crippen LogP contribution in [0.3, 0.4) is 0 Å². The van der Waals surface area contributed by atoms with Gasteiger partial charge in [0, 0.05) is 50.3 Å². The van der Waals surface area contributed by atoms with Crippen LogP contribution in [-0.2, 0) is 23.3 Å². The van der Waals surface area contributed by atoms with E-state index in [0.717, 1.165) is 44.8 Å². The van der Waals surface area contributed by atoms with Gasteiger partial charge in [0.1, 0.15) is 0 Å². The van der Waals surface area contributed by atoms with E-state index in [1.807, 2.05) is 12.3 Å². The van der Waals surface area contributed by atoms with Crippen LogP contribution in [0.1, 0.15) is 45.5 Å². The van der Waals surface area contributed by atoms with E-state index in [2.05, 4.69) is 98.5 Å². The standard InChI is InChI=1S/C29H40N4.2ClH.Co/c1-21-16-23(3)28(24(4)17-21)31-12-9-14-33(20-27-10-7-8-11-30-27)15-13-32-29-25(5)18-22(2)19-26(29)6;;;/h7-8,10-11,16-19,31-32H,9,12-15,20H2,1-6H3;2*1H;/q;;;+2/p-2. The molecule has 199 valence electrons. The summed E-state index contributed by atoms with van der Waals surface area (Å²) in [6.07, 6.45) is 2.97. The van der Waals surface area contributed by atoms with E-state index in [0.29, 0.717) is 0 Å². The molecule has 2 aromatic carbocycles. The fourth-order valence-corrected chi connectivity index (χ4v) is 4.76. The molecule has 4 nitrogen and oxygen atoms in total. The summed E-state index contributed by atoms with van der Waals surface area (Å²) in [5.41, 5.74) is 11.6. The van der Waals surface area contributed by atoms with Gasteiger partial charge in [0.15, 0.2) is 0 Å². The molecule has 2 N–H and O–H groups in total. The normalized spacial score (nSPS) is 10.2. The maximum atomic E-state index is 4.55. The van der Waals surface area contributed by atoms with Gasteiger partial charge in [-0.2, -0.15) is 0 Å². The SMILES string of the molecule is Cc1cc(C)c(NCCCN(CCNc2c(C)cc(C)cc2C)Cc2ccccn2)c(C)c1.[Cl-].[Cl-].[Co+2]. The van der Waals surface area contributed by atoms with Crippen molar-refractivity contribution in [2.24, 2.45) is 0 Å². The molecule has 0 aliphatic carbocycles. The van der Waals surface area contributed by atoms with Gasteiger partial charge in [0.25, 0.3) is 0 Å². The third kappa shape index (κ3) is 10.3. The first kappa shape index (κ1) is 34.2. The Morgan fingerprint density at radius 1 is 0.694 bits per heavy atom. The molecule has 0 atom stereocenters. The van der Waals surface area contributed by atoms with Gasteiger partial charge in [-0.15, -0.1) is 0 Å². The van der Waals surface area contributed by atoms with Crippen molar-refractivity contribution < 1.29 is 41.6 Å². The number of aromatic nitrogens is 1. The van der Waals surface area contributed by atoms with E-state index in [-0.39, 0.29) is 41.6 Å². The summed E-state index contributed by atoms with van der Waals surface area (Å²) in [5.74, 6) is 0. The molecular formula is C29H40Cl2CoN4. The molecular weight excluding hydrogens is 534 g/mol. The first-order valence-corrected chi connectivity index (χ1v) is 12.1. The summed E-state index contributed by atoms with van der Waals surface area (Å²) in [4.78, 5) is 7.06. The molecule has 3 aromatic rings. The monoisotopic (exact) mass is 573 g/mol. The number of pyridine rings is 1. The van der Waals surface area contributed by atoms with Crippen LogP contribution in [0.25, 0.3) is 0 Å². The average molecular weight is 575 g/mol. The molecule has 0 fully saturated rings. The smallest absolute Gasteiger partial charge is 1.00 e. The summed E-state index contributed by atoms with van der Waals surface area (Å²) >= 11 is 0. The Morgan fingerprint density at radius 3 is 1.67 bits per heavy atom. The molecule has 0 aliphatic heterocycles. The molecule has 0 saturated heterocycles. The number of halogens is 2. The first-order chi connectivity index (χ1) is 15.8. The summed E-state index contributed by atoms with van der Waals surface area (Å²) < 4.78 is 0. The van der Waals surface area contributed by atoms with Crippen LogP contribution in [0, 0.1) is 41.5 Å². The van der Waals surface area contributed by atoms with Crippen molar-refractivity contribution in [3.63, 3.8) is 0 Å². The minimum atomic E-state index is 0. The van der Waals surface area contributed by atoms with Crippen LogP contribution in [0.5, 0.6) is 0 Å². The molecule has 1 heterocycles. The number of rotatable bonds is 11. The Bertz CT molecular complexity index is 1010. The fraction of sp³-hybridized carbons (Fsp3) is 0.414. The predicted molar refractivity (Wildman–Crippen MR) is 142 cm³/mol. The number of hydrogen-bond donors (Lipinski definition) is 2. The zero-order chi connectivity index (χ0) is 23.8. The summed E-state index contributed by atoms with van der Waals surface area (Å²) in [6, 6.07) is 15.2. The van der Waals surface area contributed by atoms with Gasteiger partial charge in [0.05, 0.1) is 5.69 Å². The Labute approximate surface area is 241 Å². The molecule has 7 heteroatoms. The second kappa shape index (κ2) is 16.9. The molecule has 0 saturated carbocycles. The Balaban J connectivity index is 0.00000408. The minimum absolute atomic E-state index is 0. The van der Waals surface area contributed by atoms with Gasteiger partial charge in [-0.3, -0.25) is 9.88 Å². The van der Waals surface area contributed by atoms with E-state index in [1.165, 1.54) is 44.8 Å². The molecule has 0 bridgehead atoms.